The summed E-state index contributed by atoms with van der Waals surface area (Å²) < 4.78 is 12.1. The molecule has 0 bridgehead atoms. The molecule has 4 rings (SSSR count). The number of alkyl carbamates (subject to hydrolysis) is 1. The predicted molar refractivity (Wildman–Crippen MR) is 128 cm³/mol. The highest BCUT2D eigenvalue weighted by Crippen LogP contribution is 2.36. The summed E-state index contributed by atoms with van der Waals surface area (Å²) in [6.45, 7) is 3.34. The Hall–Kier alpha value is -3.67. The summed E-state index contributed by atoms with van der Waals surface area (Å²) >= 11 is 0. The van der Waals surface area contributed by atoms with Gasteiger partial charge < -0.3 is 29.7 Å². The van der Waals surface area contributed by atoms with Gasteiger partial charge in [-0.1, -0.05) is 6.07 Å². The van der Waals surface area contributed by atoms with Gasteiger partial charge in [0.2, 0.25) is 0 Å². The van der Waals surface area contributed by atoms with Gasteiger partial charge >= 0.3 is 12.2 Å². The molecule has 1 aliphatic carbocycles. The van der Waals surface area contributed by atoms with Gasteiger partial charge in [-0.2, -0.15) is 5.10 Å². The Morgan fingerprint density at radius 2 is 2.14 bits per heavy atom. The molecule has 194 valence electrons. The van der Waals surface area contributed by atoms with E-state index in [1.807, 2.05) is 35.9 Å². The molecule has 0 radical (unpaired) electrons. The van der Waals surface area contributed by atoms with Gasteiger partial charge in [0.15, 0.2) is 6.10 Å². The lowest BCUT2D eigenvalue weighted by Crippen LogP contribution is -2.53. The van der Waals surface area contributed by atoms with Crippen molar-refractivity contribution in [2.45, 2.75) is 50.9 Å². The van der Waals surface area contributed by atoms with E-state index in [0.29, 0.717) is 25.2 Å². The summed E-state index contributed by atoms with van der Waals surface area (Å²) in [5.41, 5.74) is 2.27. The van der Waals surface area contributed by atoms with Crippen molar-refractivity contribution in [3.63, 3.8) is 0 Å². The zero-order chi connectivity index (χ0) is 25.7. The van der Waals surface area contributed by atoms with Gasteiger partial charge in [-0.15, -0.1) is 0 Å². The number of methoxy groups -OCH3 is 1. The van der Waals surface area contributed by atoms with Crippen LogP contribution in [0, 0.1) is 0 Å². The Morgan fingerprint density at radius 3 is 2.81 bits per heavy atom. The van der Waals surface area contributed by atoms with Gasteiger partial charge in [0.25, 0.3) is 5.91 Å². The maximum Gasteiger partial charge on any atom is 0.407 e. The van der Waals surface area contributed by atoms with Crippen molar-refractivity contribution in [3.8, 4) is 11.4 Å². The quantitative estimate of drug-likeness (QED) is 0.499. The highest BCUT2D eigenvalue weighted by atomic mass is 16.5. The number of carbonyl (C=O) groups excluding carboxylic acids is 2. The van der Waals surface area contributed by atoms with Crippen LogP contribution in [0.15, 0.2) is 30.5 Å². The third-order valence-electron chi connectivity index (χ3n) is 6.38. The van der Waals surface area contributed by atoms with Gasteiger partial charge in [-0.05, 0) is 44.4 Å². The maximum absolute atomic E-state index is 13.5. The lowest BCUT2D eigenvalue weighted by Gasteiger charge is -2.36. The number of aryl methyl sites for hydroxylation is 1. The SMILES string of the molecule is COC(=O)NCCCn1nc([C@@H](C)N(C(=O)[C@H]2CN(C(=O)O)CCO2)C2CC2)cc1-c1ccccn1. The van der Waals surface area contributed by atoms with Gasteiger partial charge in [0.1, 0.15) is 0 Å². The van der Waals surface area contributed by atoms with Crippen LogP contribution in [-0.2, 0) is 20.8 Å². The summed E-state index contributed by atoms with van der Waals surface area (Å²) in [5, 5.41) is 16.8. The number of morpholine rings is 1. The number of nitrogens with one attached hydrogen (secondary N) is 1. The van der Waals surface area contributed by atoms with Crippen LogP contribution in [-0.4, -0.2) is 93.3 Å². The second kappa shape index (κ2) is 11.4. The van der Waals surface area contributed by atoms with Gasteiger partial charge in [0, 0.05) is 31.9 Å². The molecule has 3 heterocycles. The minimum absolute atomic E-state index is 0.0188. The predicted octanol–water partition coefficient (Wildman–Crippen LogP) is 2.12. The summed E-state index contributed by atoms with van der Waals surface area (Å²) in [5.74, 6) is -0.216. The first-order valence-electron chi connectivity index (χ1n) is 12.1. The molecule has 2 aromatic rings. The van der Waals surface area contributed by atoms with E-state index in [0.717, 1.165) is 24.2 Å². The van der Waals surface area contributed by atoms with E-state index in [4.69, 9.17) is 9.84 Å². The third kappa shape index (κ3) is 5.93. The molecule has 1 saturated carbocycles. The van der Waals surface area contributed by atoms with Crippen LogP contribution in [0.2, 0.25) is 0 Å². The zero-order valence-corrected chi connectivity index (χ0v) is 20.5. The molecule has 12 heteroatoms. The number of hydrogen-bond acceptors (Lipinski definition) is 7. The first-order valence-corrected chi connectivity index (χ1v) is 12.1. The summed E-state index contributed by atoms with van der Waals surface area (Å²) in [4.78, 5) is 43.8. The molecule has 2 aromatic heterocycles. The molecule has 2 atom stereocenters. The number of rotatable bonds is 9. The van der Waals surface area contributed by atoms with Gasteiger partial charge in [-0.3, -0.25) is 14.5 Å². The van der Waals surface area contributed by atoms with Crippen molar-refractivity contribution in [1.82, 2.24) is 29.9 Å². The number of amides is 3. The fraction of sp³-hybridized carbons (Fsp3) is 0.542. The topological polar surface area (TPSA) is 139 Å². The molecule has 2 aliphatic rings. The van der Waals surface area contributed by atoms with Crippen molar-refractivity contribution in [1.29, 1.82) is 0 Å². The van der Waals surface area contributed by atoms with Crippen LogP contribution < -0.4 is 5.32 Å². The van der Waals surface area contributed by atoms with Crippen LogP contribution in [0.1, 0.15) is 37.9 Å². The van der Waals surface area contributed by atoms with E-state index in [-0.39, 0.29) is 37.7 Å². The number of carboxylic acid groups (broad SMARTS) is 1. The molecule has 1 saturated heterocycles. The van der Waals surface area contributed by atoms with E-state index in [1.165, 1.54) is 12.0 Å². The summed E-state index contributed by atoms with van der Waals surface area (Å²) in [6.07, 6.45) is 1.73. The molecule has 2 N–H and O–H groups in total. The molecule has 3 amide bonds. The zero-order valence-electron chi connectivity index (χ0n) is 20.5. The number of ether oxygens (including phenoxy) is 2. The fourth-order valence-corrected chi connectivity index (χ4v) is 4.34. The second-order valence-electron chi connectivity index (χ2n) is 8.91. The first-order chi connectivity index (χ1) is 17.4. The molecule has 1 aliphatic heterocycles. The highest BCUT2D eigenvalue weighted by Gasteiger charge is 2.42. The van der Waals surface area contributed by atoms with Crippen molar-refractivity contribution in [2.24, 2.45) is 0 Å². The van der Waals surface area contributed by atoms with Crippen LogP contribution in [0.25, 0.3) is 11.4 Å². The van der Waals surface area contributed by atoms with Crippen LogP contribution in [0.4, 0.5) is 9.59 Å². The fourth-order valence-electron chi connectivity index (χ4n) is 4.34. The molecule has 36 heavy (non-hydrogen) atoms. The maximum atomic E-state index is 13.5. The van der Waals surface area contributed by atoms with Crippen LogP contribution in [0.5, 0.6) is 0 Å². The lowest BCUT2D eigenvalue weighted by molar-refractivity contribution is -0.151. The minimum atomic E-state index is -1.05. The van der Waals surface area contributed by atoms with Crippen molar-refractivity contribution >= 4 is 18.1 Å². The van der Waals surface area contributed by atoms with Gasteiger partial charge in [0.05, 0.1) is 43.4 Å². The summed E-state index contributed by atoms with van der Waals surface area (Å²) in [6, 6.07) is 7.31. The lowest BCUT2D eigenvalue weighted by atomic mass is 10.1. The van der Waals surface area contributed by atoms with Crippen molar-refractivity contribution in [3.05, 3.63) is 36.2 Å². The van der Waals surface area contributed by atoms with Crippen molar-refractivity contribution < 1.29 is 29.0 Å². The number of nitrogens with zero attached hydrogens (tertiary/aromatic N) is 5. The second-order valence-corrected chi connectivity index (χ2v) is 8.91. The van der Waals surface area contributed by atoms with Gasteiger partial charge in [-0.25, -0.2) is 9.59 Å². The number of pyridine rings is 1. The van der Waals surface area contributed by atoms with E-state index >= 15 is 0 Å². The monoisotopic (exact) mass is 500 g/mol. The van der Waals surface area contributed by atoms with E-state index in [9.17, 15) is 19.5 Å². The van der Waals surface area contributed by atoms with E-state index in [1.54, 1.807) is 11.1 Å². The molecular formula is C24H32N6O6. The largest absolute Gasteiger partial charge is 0.465 e. The highest BCUT2D eigenvalue weighted by molar-refractivity contribution is 5.83. The van der Waals surface area contributed by atoms with Crippen LogP contribution >= 0.6 is 0 Å². The number of hydrogen-bond donors (Lipinski definition) is 2. The number of aromatic nitrogens is 3. The molecule has 0 aromatic carbocycles. The van der Waals surface area contributed by atoms with E-state index in [2.05, 4.69) is 15.0 Å². The van der Waals surface area contributed by atoms with Crippen LogP contribution in [0.3, 0.4) is 0 Å². The van der Waals surface area contributed by atoms with E-state index < -0.39 is 18.3 Å². The smallest absolute Gasteiger partial charge is 0.407 e. The minimum Gasteiger partial charge on any atom is -0.465 e. The normalized spacial score (nSPS) is 18.4. The Balaban J connectivity index is 1.54. The number of carbonyl (C=O) groups is 3. The molecule has 0 spiro atoms. The average Bonchev–Trinajstić information content (AvgIpc) is 3.64. The third-order valence-corrected chi connectivity index (χ3v) is 6.38. The molecule has 0 unspecified atom stereocenters. The average molecular weight is 501 g/mol. The molecule has 12 nitrogen and oxygen atoms in total. The molecule has 2 fully saturated rings. The Kier molecular flexibility index (Phi) is 8.04. The van der Waals surface area contributed by atoms with Crippen molar-refractivity contribution in [2.75, 3.05) is 33.4 Å². The summed E-state index contributed by atoms with van der Waals surface area (Å²) in [7, 11) is 1.32. The Labute approximate surface area is 209 Å². The standard InChI is InChI=1S/C24H32N6O6/c1-16(30(17-7-8-17)22(31)21-15-28(24(33)34)12-13-36-21)19-14-20(18-6-3-4-9-25-18)29(27-19)11-5-10-26-23(32)35-2/h3-4,6,9,14,16-17,21H,5,7-8,10-13,15H2,1-2H3,(H,26,32)(H,33,34)/t16-,21-/m1/s1. The Bertz CT molecular complexity index is 1070. The molecular weight excluding hydrogens is 468 g/mol. The Morgan fingerprint density at radius 1 is 1.33 bits per heavy atom. The first kappa shape index (κ1) is 25.4.